The van der Waals surface area contributed by atoms with Crippen LogP contribution in [0.3, 0.4) is 0 Å². The van der Waals surface area contributed by atoms with Gasteiger partial charge in [0, 0.05) is 43.7 Å². The molecule has 2 fully saturated rings. The first-order chi connectivity index (χ1) is 17.3. The van der Waals surface area contributed by atoms with Gasteiger partial charge in [-0.1, -0.05) is 43.3 Å². The molecule has 4 nitrogen and oxygen atoms in total. The molecular formula is C30H34F2N2O2. The van der Waals surface area contributed by atoms with E-state index in [1.165, 1.54) is 35.4 Å². The normalized spacial score (nSPS) is 25.6. The highest BCUT2D eigenvalue weighted by atomic mass is 19.1. The van der Waals surface area contributed by atoms with E-state index in [4.69, 9.17) is 0 Å². The third kappa shape index (κ3) is 5.02. The van der Waals surface area contributed by atoms with Gasteiger partial charge in [0.15, 0.2) is 0 Å². The van der Waals surface area contributed by atoms with Crippen LogP contribution in [0.5, 0.6) is 0 Å². The molecule has 2 saturated heterocycles. The van der Waals surface area contributed by atoms with Crippen LogP contribution in [0.25, 0.3) is 12.2 Å². The van der Waals surface area contributed by atoms with E-state index in [0.29, 0.717) is 31.1 Å². The van der Waals surface area contributed by atoms with Gasteiger partial charge in [0.1, 0.15) is 11.6 Å². The molecule has 36 heavy (non-hydrogen) atoms. The summed E-state index contributed by atoms with van der Waals surface area (Å²) in [4.78, 5) is 16.7. The van der Waals surface area contributed by atoms with E-state index in [1.807, 2.05) is 0 Å². The summed E-state index contributed by atoms with van der Waals surface area (Å²) in [6, 6.07) is 11.9. The molecule has 2 aromatic carbocycles. The predicted octanol–water partition coefficient (Wildman–Crippen LogP) is 4.88. The van der Waals surface area contributed by atoms with Crippen LogP contribution >= 0.6 is 0 Å². The molecule has 2 heterocycles. The number of piperidine rings is 2. The van der Waals surface area contributed by atoms with Crippen molar-refractivity contribution in [2.24, 2.45) is 11.8 Å². The van der Waals surface area contributed by atoms with E-state index in [9.17, 15) is 18.7 Å². The molecule has 0 saturated carbocycles. The van der Waals surface area contributed by atoms with Crippen molar-refractivity contribution >= 4 is 18.1 Å². The van der Waals surface area contributed by atoms with Crippen molar-refractivity contribution in [1.29, 1.82) is 0 Å². The molecule has 1 aliphatic carbocycles. The number of β-amino-alcohol motifs (C(OH)–C–C–N with tert-alkyl or cyclic N) is 1. The Morgan fingerprint density at radius 1 is 1.14 bits per heavy atom. The number of carbonyl (C=O) groups is 1. The summed E-state index contributed by atoms with van der Waals surface area (Å²) in [6.07, 6.45) is 9.60. The summed E-state index contributed by atoms with van der Waals surface area (Å²) >= 11 is 0. The number of aliphatic hydroxyl groups excluding tert-OH is 1. The molecule has 1 N–H and O–H groups in total. The molecule has 2 aliphatic heterocycles. The number of nitrogens with zero attached hydrogens (tertiary/aromatic N) is 2. The second-order valence-corrected chi connectivity index (χ2v) is 10.6. The quantitative estimate of drug-likeness (QED) is 0.605. The van der Waals surface area contributed by atoms with Crippen LogP contribution in [0.4, 0.5) is 8.78 Å². The first-order valence-electron chi connectivity index (χ1n) is 13.0. The molecule has 0 bridgehead atoms. The number of amides is 1. The number of allylic oxidation sites excluding steroid dienone is 1. The van der Waals surface area contributed by atoms with Crippen molar-refractivity contribution < 1.29 is 18.7 Å². The lowest BCUT2D eigenvalue weighted by Gasteiger charge is -2.45. The van der Waals surface area contributed by atoms with Gasteiger partial charge in [-0.05, 0) is 72.5 Å². The number of halogens is 2. The van der Waals surface area contributed by atoms with E-state index in [1.54, 1.807) is 4.90 Å². The molecule has 1 spiro atoms. The maximum atomic E-state index is 13.4. The SMILES string of the molecule is C[C@H]1CN(CC(O)C2CCN(C(=O)/C=C/c3cc(F)cc(F)c3)CC2)CC[C@]12C=Cc1ccccc12. The highest BCUT2D eigenvalue weighted by Crippen LogP contribution is 2.46. The third-order valence-electron chi connectivity index (χ3n) is 8.42. The molecule has 3 atom stereocenters. The predicted molar refractivity (Wildman–Crippen MR) is 138 cm³/mol. The van der Waals surface area contributed by atoms with Gasteiger partial charge >= 0.3 is 0 Å². The number of hydrogen-bond donors (Lipinski definition) is 1. The summed E-state index contributed by atoms with van der Waals surface area (Å²) in [6.45, 7) is 6.05. The second kappa shape index (κ2) is 10.3. The van der Waals surface area contributed by atoms with Gasteiger partial charge in [-0.25, -0.2) is 8.78 Å². The Balaban J connectivity index is 1.11. The summed E-state index contributed by atoms with van der Waals surface area (Å²) in [5.41, 5.74) is 3.19. The van der Waals surface area contributed by atoms with Gasteiger partial charge in [0.25, 0.3) is 0 Å². The highest BCUT2D eigenvalue weighted by molar-refractivity contribution is 5.91. The van der Waals surface area contributed by atoms with Gasteiger partial charge in [0.2, 0.25) is 5.91 Å². The largest absolute Gasteiger partial charge is 0.392 e. The van der Waals surface area contributed by atoms with Crippen LogP contribution in [0.1, 0.15) is 42.9 Å². The van der Waals surface area contributed by atoms with Crippen molar-refractivity contribution in [3.05, 3.63) is 82.9 Å². The standard InChI is InChI=1S/C30H34F2N2O2/c1-21-19-33(15-12-30(21)11-8-23-4-2-3-5-27(23)30)20-28(35)24-9-13-34(14-10-24)29(36)7-6-22-16-25(31)18-26(32)17-22/h2-8,11,16-18,21,24,28,35H,9-10,12-15,19-20H2,1H3/b7-6+/t21-,28?,30+/m0/s1. The Bertz CT molecular complexity index is 1150. The monoisotopic (exact) mass is 492 g/mol. The van der Waals surface area contributed by atoms with E-state index >= 15 is 0 Å². The van der Waals surface area contributed by atoms with Gasteiger partial charge in [-0.3, -0.25) is 4.79 Å². The van der Waals surface area contributed by atoms with Gasteiger partial charge < -0.3 is 14.9 Å². The molecule has 1 amide bonds. The Morgan fingerprint density at radius 2 is 1.86 bits per heavy atom. The average molecular weight is 493 g/mol. The minimum atomic E-state index is -0.667. The van der Waals surface area contributed by atoms with Crippen molar-refractivity contribution in [2.75, 3.05) is 32.7 Å². The van der Waals surface area contributed by atoms with Crippen molar-refractivity contribution in [2.45, 2.75) is 37.7 Å². The fourth-order valence-corrected chi connectivity index (χ4v) is 6.30. The first-order valence-corrected chi connectivity index (χ1v) is 13.0. The lowest BCUT2D eigenvalue weighted by Crippen LogP contribution is -2.51. The lowest BCUT2D eigenvalue weighted by atomic mass is 9.68. The van der Waals surface area contributed by atoms with Crippen molar-refractivity contribution in [1.82, 2.24) is 9.80 Å². The van der Waals surface area contributed by atoms with Gasteiger partial charge in [-0.15, -0.1) is 0 Å². The highest BCUT2D eigenvalue weighted by Gasteiger charge is 2.43. The molecular weight excluding hydrogens is 458 g/mol. The minimum absolute atomic E-state index is 0.106. The van der Waals surface area contributed by atoms with E-state index in [2.05, 4.69) is 48.2 Å². The number of aliphatic hydroxyl groups is 1. The summed E-state index contributed by atoms with van der Waals surface area (Å²) in [5, 5.41) is 11.0. The average Bonchev–Trinajstić information content (AvgIpc) is 3.24. The zero-order valence-electron chi connectivity index (χ0n) is 20.7. The molecule has 6 heteroatoms. The van der Waals surface area contributed by atoms with Crippen molar-refractivity contribution in [3.63, 3.8) is 0 Å². The topological polar surface area (TPSA) is 43.8 Å². The molecule has 0 radical (unpaired) electrons. The maximum absolute atomic E-state index is 13.4. The van der Waals surface area contributed by atoms with Crippen molar-refractivity contribution in [3.8, 4) is 0 Å². The Morgan fingerprint density at radius 3 is 2.58 bits per heavy atom. The molecule has 1 unspecified atom stereocenters. The van der Waals surface area contributed by atoms with Gasteiger partial charge in [0.05, 0.1) is 6.10 Å². The zero-order valence-corrected chi connectivity index (χ0v) is 20.7. The van der Waals surface area contributed by atoms with Crippen LogP contribution in [-0.2, 0) is 10.2 Å². The maximum Gasteiger partial charge on any atom is 0.246 e. The summed E-state index contributed by atoms with van der Waals surface area (Å²) < 4.78 is 26.7. The zero-order chi connectivity index (χ0) is 25.3. The molecule has 190 valence electrons. The molecule has 2 aromatic rings. The van der Waals surface area contributed by atoms with E-state index < -0.39 is 17.7 Å². The Kier molecular flexibility index (Phi) is 7.09. The van der Waals surface area contributed by atoms with E-state index in [0.717, 1.165) is 38.4 Å². The number of carbonyl (C=O) groups excluding carboxylic acids is 1. The first kappa shape index (κ1) is 24.8. The number of benzene rings is 2. The number of rotatable bonds is 5. The van der Waals surface area contributed by atoms with Crippen LogP contribution < -0.4 is 0 Å². The smallest absolute Gasteiger partial charge is 0.246 e. The van der Waals surface area contributed by atoms with E-state index in [-0.39, 0.29) is 17.2 Å². The molecule has 3 aliphatic rings. The van der Waals surface area contributed by atoms with Crippen LogP contribution in [0, 0.1) is 23.5 Å². The Labute approximate surface area is 211 Å². The minimum Gasteiger partial charge on any atom is -0.392 e. The van der Waals surface area contributed by atoms with Gasteiger partial charge in [-0.2, -0.15) is 0 Å². The Hall–Kier alpha value is -2.83. The molecule has 0 aromatic heterocycles. The van der Waals surface area contributed by atoms with Crippen LogP contribution in [0.2, 0.25) is 0 Å². The number of likely N-dealkylation sites (tertiary alicyclic amines) is 2. The lowest BCUT2D eigenvalue weighted by molar-refractivity contribution is -0.128. The summed E-state index contributed by atoms with van der Waals surface area (Å²) in [7, 11) is 0. The van der Waals surface area contributed by atoms with Crippen LogP contribution in [0.15, 0.2) is 54.6 Å². The fraction of sp³-hybridized carbons (Fsp3) is 0.433. The third-order valence-corrected chi connectivity index (χ3v) is 8.42. The summed E-state index contributed by atoms with van der Waals surface area (Å²) in [5.74, 6) is -0.878. The second-order valence-electron chi connectivity index (χ2n) is 10.6. The fourth-order valence-electron chi connectivity index (χ4n) is 6.30. The number of hydrogen-bond acceptors (Lipinski definition) is 3. The molecule has 5 rings (SSSR count). The number of fused-ring (bicyclic) bond motifs is 2. The van der Waals surface area contributed by atoms with Crippen LogP contribution in [-0.4, -0.2) is 59.6 Å².